The number of phenols is 2. The normalized spacial score (nSPS) is 19.4. The standard InChI is InChI=1S/C14H20O3.C6H12O2/c1-3-6-17-13-8-11-10(7-9(13)2)4-5-12(15)14(11)16;1-5(7)8-6(2,3)4/h4-5,9,13,15-16H,3,6-8H2,1-2H3;1-4H3/t9-,13-;/m1./s1. The number of fused-ring (bicyclic) bond motifs is 1. The second-order valence-electron chi connectivity index (χ2n) is 7.57. The van der Waals surface area contributed by atoms with Gasteiger partial charge in [0.2, 0.25) is 0 Å². The van der Waals surface area contributed by atoms with Crippen molar-refractivity contribution in [3.63, 3.8) is 0 Å². The van der Waals surface area contributed by atoms with Crippen molar-refractivity contribution in [2.24, 2.45) is 5.92 Å². The molecule has 142 valence electrons. The second kappa shape index (κ2) is 9.09. The fraction of sp³-hybridized carbons (Fsp3) is 0.650. The molecule has 0 fully saturated rings. The smallest absolute Gasteiger partial charge is 0.303 e. The molecule has 1 aromatic rings. The van der Waals surface area contributed by atoms with Gasteiger partial charge in [0.25, 0.3) is 0 Å². The van der Waals surface area contributed by atoms with Crippen LogP contribution in [0.1, 0.15) is 59.1 Å². The van der Waals surface area contributed by atoms with Crippen LogP contribution in [-0.2, 0) is 27.1 Å². The van der Waals surface area contributed by atoms with Crippen LogP contribution in [0.4, 0.5) is 0 Å². The zero-order valence-electron chi connectivity index (χ0n) is 16.3. The fourth-order valence-corrected chi connectivity index (χ4v) is 2.89. The molecule has 2 rings (SSSR count). The molecule has 0 saturated heterocycles. The largest absolute Gasteiger partial charge is 0.504 e. The number of aromatic hydroxyl groups is 2. The molecule has 0 unspecified atom stereocenters. The van der Waals surface area contributed by atoms with Crippen LogP contribution in [0.2, 0.25) is 0 Å². The van der Waals surface area contributed by atoms with Crippen LogP contribution in [0.15, 0.2) is 12.1 Å². The summed E-state index contributed by atoms with van der Waals surface area (Å²) in [5, 5.41) is 19.4. The van der Waals surface area contributed by atoms with Gasteiger partial charge in [-0.15, -0.1) is 0 Å². The molecule has 0 heterocycles. The van der Waals surface area contributed by atoms with Crippen LogP contribution in [0.5, 0.6) is 11.5 Å². The van der Waals surface area contributed by atoms with E-state index in [1.165, 1.54) is 6.92 Å². The van der Waals surface area contributed by atoms with Crippen molar-refractivity contribution in [1.29, 1.82) is 0 Å². The highest BCUT2D eigenvalue weighted by atomic mass is 16.6. The molecule has 0 spiro atoms. The van der Waals surface area contributed by atoms with E-state index in [0.29, 0.717) is 12.3 Å². The molecule has 0 aromatic heterocycles. The van der Waals surface area contributed by atoms with Crippen LogP contribution in [0.3, 0.4) is 0 Å². The minimum absolute atomic E-state index is 0.0273. The molecule has 0 aliphatic heterocycles. The van der Waals surface area contributed by atoms with E-state index in [9.17, 15) is 15.0 Å². The number of carbonyl (C=O) groups excluding carboxylic acids is 1. The Balaban J connectivity index is 0.000000333. The summed E-state index contributed by atoms with van der Waals surface area (Å²) >= 11 is 0. The first-order valence-electron chi connectivity index (χ1n) is 8.89. The monoisotopic (exact) mass is 352 g/mol. The van der Waals surface area contributed by atoms with Crippen molar-refractivity contribution in [3.05, 3.63) is 23.3 Å². The van der Waals surface area contributed by atoms with E-state index < -0.39 is 0 Å². The van der Waals surface area contributed by atoms with E-state index in [1.807, 2.05) is 26.8 Å². The van der Waals surface area contributed by atoms with Crippen LogP contribution in [-0.4, -0.2) is 34.5 Å². The van der Waals surface area contributed by atoms with Crippen molar-refractivity contribution >= 4 is 5.97 Å². The summed E-state index contributed by atoms with van der Waals surface area (Å²) in [6.07, 6.45) is 2.74. The Kier molecular flexibility index (Phi) is 7.74. The third-order valence-electron chi connectivity index (χ3n) is 3.93. The number of hydrogen-bond donors (Lipinski definition) is 2. The molecule has 25 heavy (non-hydrogen) atoms. The third-order valence-corrected chi connectivity index (χ3v) is 3.93. The van der Waals surface area contributed by atoms with Gasteiger partial charge in [-0.05, 0) is 51.2 Å². The van der Waals surface area contributed by atoms with Crippen molar-refractivity contribution in [1.82, 2.24) is 0 Å². The van der Waals surface area contributed by atoms with Gasteiger partial charge in [0.05, 0.1) is 6.10 Å². The maximum atomic E-state index is 10.2. The molecule has 5 nitrogen and oxygen atoms in total. The molecule has 5 heteroatoms. The summed E-state index contributed by atoms with van der Waals surface area (Å²) in [7, 11) is 0. The minimum Gasteiger partial charge on any atom is -0.504 e. The molecular formula is C20H32O5. The van der Waals surface area contributed by atoms with Gasteiger partial charge in [-0.2, -0.15) is 0 Å². The highest BCUT2D eigenvalue weighted by molar-refractivity contribution is 5.66. The Morgan fingerprint density at radius 1 is 1.24 bits per heavy atom. The summed E-state index contributed by atoms with van der Waals surface area (Å²) < 4.78 is 10.6. The fourth-order valence-electron chi connectivity index (χ4n) is 2.89. The van der Waals surface area contributed by atoms with Crippen molar-refractivity contribution in [2.45, 2.75) is 72.5 Å². The first-order valence-corrected chi connectivity index (χ1v) is 8.89. The Labute approximate surface area is 151 Å². The zero-order chi connectivity index (χ0) is 19.2. The molecule has 0 saturated carbocycles. The topological polar surface area (TPSA) is 76.0 Å². The van der Waals surface area contributed by atoms with Crippen molar-refractivity contribution in [3.8, 4) is 11.5 Å². The predicted octanol–water partition coefficient (Wildman–Crippen LogP) is 3.98. The van der Waals surface area contributed by atoms with Gasteiger partial charge in [-0.3, -0.25) is 4.79 Å². The second-order valence-corrected chi connectivity index (χ2v) is 7.57. The molecule has 1 aliphatic carbocycles. The molecule has 1 aromatic carbocycles. The lowest BCUT2D eigenvalue weighted by atomic mass is 9.82. The van der Waals surface area contributed by atoms with Crippen LogP contribution in [0, 0.1) is 5.92 Å². The Morgan fingerprint density at radius 2 is 1.88 bits per heavy atom. The molecule has 1 aliphatic rings. The Morgan fingerprint density at radius 3 is 2.36 bits per heavy atom. The Bertz CT molecular complexity index is 574. The molecule has 0 radical (unpaired) electrons. The lowest BCUT2D eigenvalue weighted by Crippen LogP contribution is -2.31. The van der Waals surface area contributed by atoms with Crippen LogP contribution >= 0.6 is 0 Å². The van der Waals surface area contributed by atoms with Gasteiger partial charge in [0.1, 0.15) is 5.60 Å². The molecule has 0 amide bonds. The summed E-state index contributed by atoms with van der Waals surface area (Å²) in [6, 6.07) is 3.46. The average molecular weight is 352 g/mol. The number of ether oxygens (including phenoxy) is 2. The van der Waals surface area contributed by atoms with Crippen LogP contribution in [0.25, 0.3) is 0 Å². The molecule has 0 bridgehead atoms. The van der Waals surface area contributed by atoms with Gasteiger partial charge in [0.15, 0.2) is 11.5 Å². The van der Waals surface area contributed by atoms with Gasteiger partial charge in [-0.25, -0.2) is 0 Å². The summed E-state index contributed by atoms with van der Waals surface area (Å²) in [4.78, 5) is 10.2. The minimum atomic E-state index is -0.328. The highest BCUT2D eigenvalue weighted by Gasteiger charge is 2.28. The van der Waals surface area contributed by atoms with E-state index >= 15 is 0 Å². The van der Waals surface area contributed by atoms with Gasteiger partial charge >= 0.3 is 5.97 Å². The predicted molar refractivity (Wildman–Crippen MR) is 97.9 cm³/mol. The highest BCUT2D eigenvalue weighted by Crippen LogP contribution is 2.38. The molecular weight excluding hydrogens is 320 g/mol. The van der Waals surface area contributed by atoms with E-state index in [-0.39, 0.29) is 29.2 Å². The lowest BCUT2D eigenvalue weighted by Gasteiger charge is -2.31. The van der Waals surface area contributed by atoms with E-state index in [0.717, 1.165) is 30.6 Å². The summed E-state index contributed by atoms with van der Waals surface area (Å²) in [5.74, 6) is 0.225. The first kappa shape index (κ1) is 21.3. The zero-order valence-corrected chi connectivity index (χ0v) is 16.3. The number of benzene rings is 1. The number of carbonyl (C=O) groups is 1. The van der Waals surface area contributed by atoms with Crippen LogP contribution < -0.4 is 0 Å². The molecule has 2 N–H and O–H groups in total. The third kappa shape index (κ3) is 6.94. The van der Waals surface area contributed by atoms with E-state index in [2.05, 4.69) is 13.8 Å². The maximum Gasteiger partial charge on any atom is 0.303 e. The number of phenolic OH excluding ortho intramolecular Hbond substituents is 2. The number of rotatable bonds is 3. The van der Waals surface area contributed by atoms with E-state index in [4.69, 9.17) is 9.47 Å². The SMILES string of the molecule is CC(=O)OC(C)(C)C.CCCO[C@@H]1Cc2c(ccc(O)c2O)C[C@H]1C. The summed E-state index contributed by atoms with van der Waals surface area (Å²) in [6.45, 7) is 11.9. The number of hydrogen-bond acceptors (Lipinski definition) is 5. The lowest BCUT2D eigenvalue weighted by molar-refractivity contribution is -0.151. The first-order chi connectivity index (χ1) is 11.5. The van der Waals surface area contributed by atoms with E-state index in [1.54, 1.807) is 6.07 Å². The summed E-state index contributed by atoms with van der Waals surface area (Å²) in [5.41, 5.74) is 1.65. The quantitative estimate of drug-likeness (QED) is 0.636. The Hall–Kier alpha value is -1.75. The molecule has 2 atom stereocenters. The number of esters is 1. The van der Waals surface area contributed by atoms with Gasteiger partial charge in [-0.1, -0.05) is 19.9 Å². The van der Waals surface area contributed by atoms with Crippen molar-refractivity contribution in [2.75, 3.05) is 6.61 Å². The van der Waals surface area contributed by atoms with Crippen molar-refractivity contribution < 1.29 is 24.5 Å². The average Bonchev–Trinajstić information content (AvgIpc) is 2.48. The van der Waals surface area contributed by atoms with Gasteiger partial charge < -0.3 is 19.7 Å². The maximum absolute atomic E-state index is 10.2. The van der Waals surface area contributed by atoms with Gasteiger partial charge in [0, 0.05) is 25.5 Å².